The number of esters is 2. The van der Waals surface area contributed by atoms with Crippen LogP contribution in [0.25, 0.3) is 6.08 Å². The lowest BCUT2D eigenvalue weighted by Gasteiger charge is -2.06. The highest BCUT2D eigenvalue weighted by Crippen LogP contribution is 2.22. The highest BCUT2D eigenvalue weighted by molar-refractivity contribution is 6.09. The van der Waals surface area contributed by atoms with E-state index in [1.807, 2.05) is 0 Å². The van der Waals surface area contributed by atoms with Crippen LogP contribution < -0.4 is 9.47 Å². The molecule has 0 saturated carbocycles. The molecule has 0 N–H and O–H groups in total. The second-order valence-electron chi connectivity index (χ2n) is 4.92. The van der Waals surface area contributed by atoms with Gasteiger partial charge in [0.15, 0.2) is 5.78 Å². The Morgan fingerprint density at radius 2 is 1.33 bits per heavy atom. The smallest absolute Gasteiger partial charge is 0.308 e. The van der Waals surface area contributed by atoms with Crippen LogP contribution >= 0.6 is 0 Å². The van der Waals surface area contributed by atoms with Gasteiger partial charge in [-0.05, 0) is 30.4 Å². The van der Waals surface area contributed by atoms with Crippen molar-refractivity contribution in [3.05, 3.63) is 65.7 Å². The van der Waals surface area contributed by atoms with Crippen molar-refractivity contribution in [2.24, 2.45) is 0 Å². The number of para-hydroxylation sites is 2. The number of hydrogen-bond acceptors (Lipinski definition) is 5. The fraction of sp³-hybridized carbons (Fsp3) is 0.105. The Morgan fingerprint density at radius 1 is 0.792 bits per heavy atom. The molecule has 0 heterocycles. The summed E-state index contributed by atoms with van der Waals surface area (Å²) in [5.41, 5.74) is 0.861. The van der Waals surface area contributed by atoms with Gasteiger partial charge in [-0.1, -0.05) is 30.3 Å². The number of ketones is 1. The van der Waals surface area contributed by atoms with E-state index in [1.165, 1.54) is 19.9 Å². The van der Waals surface area contributed by atoms with Gasteiger partial charge in [-0.2, -0.15) is 0 Å². The fourth-order valence-electron chi connectivity index (χ4n) is 2.04. The fourth-order valence-corrected chi connectivity index (χ4v) is 2.04. The Kier molecular flexibility index (Phi) is 5.63. The predicted octanol–water partition coefficient (Wildman–Crippen LogP) is 3.43. The second-order valence-corrected chi connectivity index (χ2v) is 4.92. The predicted molar refractivity (Wildman–Crippen MR) is 88.9 cm³/mol. The molecule has 2 aromatic rings. The highest BCUT2D eigenvalue weighted by Gasteiger charge is 2.11. The van der Waals surface area contributed by atoms with Crippen LogP contribution in [-0.4, -0.2) is 17.7 Å². The highest BCUT2D eigenvalue weighted by atomic mass is 16.5. The molecule has 0 fully saturated rings. The van der Waals surface area contributed by atoms with Crippen LogP contribution in [0.4, 0.5) is 0 Å². The van der Waals surface area contributed by atoms with Gasteiger partial charge in [0.1, 0.15) is 11.5 Å². The van der Waals surface area contributed by atoms with Gasteiger partial charge in [-0.25, -0.2) is 0 Å². The molecular weight excluding hydrogens is 308 g/mol. The van der Waals surface area contributed by atoms with Crippen LogP contribution in [0.5, 0.6) is 11.5 Å². The van der Waals surface area contributed by atoms with Crippen molar-refractivity contribution in [1.82, 2.24) is 0 Å². The van der Waals surface area contributed by atoms with Gasteiger partial charge in [0.05, 0.1) is 5.56 Å². The summed E-state index contributed by atoms with van der Waals surface area (Å²) in [7, 11) is 0. The zero-order valence-corrected chi connectivity index (χ0v) is 13.3. The van der Waals surface area contributed by atoms with Gasteiger partial charge >= 0.3 is 11.9 Å². The summed E-state index contributed by atoms with van der Waals surface area (Å²) in [4.78, 5) is 34.6. The lowest BCUT2D eigenvalue weighted by molar-refractivity contribution is -0.132. The van der Waals surface area contributed by atoms with Gasteiger partial charge in [0.2, 0.25) is 0 Å². The van der Waals surface area contributed by atoms with Gasteiger partial charge in [0.25, 0.3) is 0 Å². The molecule has 24 heavy (non-hydrogen) atoms. The Bertz CT molecular complexity index is 805. The lowest BCUT2D eigenvalue weighted by atomic mass is 10.1. The molecule has 0 atom stereocenters. The molecule has 0 bridgehead atoms. The topological polar surface area (TPSA) is 69.7 Å². The van der Waals surface area contributed by atoms with Crippen LogP contribution in [-0.2, 0) is 9.59 Å². The average molecular weight is 324 g/mol. The van der Waals surface area contributed by atoms with Crippen molar-refractivity contribution in [3.8, 4) is 11.5 Å². The third-order valence-corrected chi connectivity index (χ3v) is 2.99. The Balaban J connectivity index is 2.26. The van der Waals surface area contributed by atoms with Crippen LogP contribution in [0, 0.1) is 0 Å². The second kappa shape index (κ2) is 7.87. The van der Waals surface area contributed by atoms with Crippen LogP contribution in [0.15, 0.2) is 54.6 Å². The van der Waals surface area contributed by atoms with Crippen LogP contribution in [0.1, 0.15) is 29.8 Å². The first kappa shape index (κ1) is 17.1. The van der Waals surface area contributed by atoms with Gasteiger partial charge in [-0.15, -0.1) is 0 Å². The van der Waals surface area contributed by atoms with E-state index in [4.69, 9.17) is 9.47 Å². The molecule has 0 unspecified atom stereocenters. The molecule has 0 aliphatic carbocycles. The molecule has 0 spiro atoms. The molecule has 5 nitrogen and oxygen atoms in total. The molecule has 0 radical (unpaired) electrons. The first-order valence-corrected chi connectivity index (χ1v) is 7.24. The van der Waals surface area contributed by atoms with Gasteiger partial charge in [-0.3, -0.25) is 14.4 Å². The lowest BCUT2D eigenvalue weighted by Crippen LogP contribution is -2.06. The molecule has 0 aliphatic rings. The summed E-state index contributed by atoms with van der Waals surface area (Å²) in [6.45, 7) is 2.58. The van der Waals surface area contributed by atoms with Crippen molar-refractivity contribution in [2.75, 3.05) is 0 Å². The summed E-state index contributed by atoms with van der Waals surface area (Å²) in [5, 5.41) is 0. The summed E-state index contributed by atoms with van der Waals surface area (Å²) >= 11 is 0. The molecule has 2 aromatic carbocycles. The number of rotatable bonds is 5. The Morgan fingerprint density at radius 3 is 2.00 bits per heavy atom. The summed E-state index contributed by atoms with van der Waals surface area (Å²) in [6.07, 6.45) is 2.88. The van der Waals surface area contributed by atoms with E-state index in [0.717, 1.165) is 0 Å². The van der Waals surface area contributed by atoms with E-state index in [-0.39, 0.29) is 17.1 Å². The Hall–Kier alpha value is -3.21. The molecule has 5 heteroatoms. The maximum atomic E-state index is 12.4. The average Bonchev–Trinajstić information content (AvgIpc) is 2.53. The number of carbonyl (C=O) groups excluding carboxylic acids is 3. The summed E-state index contributed by atoms with van der Waals surface area (Å²) in [6, 6.07) is 13.3. The third-order valence-electron chi connectivity index (χ3n) is 2.99. The molecule has 122 valence electrons. The van der Waals surface area contributed by atoms with Crippen LogP contribution in [0.3, 0.4) is 0 Å². The van der Waals surface area contributed by atoms with Crippen molar-refractivity contribution >= 4 is 23.8 Å². The molecule has 0 aromatic heterocycles. The van der Waals surface area contributed by atoms with Gasteiger partial charge < -0.3 is 9.47 Å². The number of hydrogen-bond donors (Lipinski definition) is 0. The van der Waals surface area contributed by atoms with Crippen molar-refractivity contribution in [3.63, 3.8) is 0 Å². The molecule has 0 saturated heterocycles. The molecule has 2 rings (SSSR count). The minimum atomic E-state index is -0.501. The summed E-state index contributed by atoms with van der Waals surface area (Å²) < 4.78 is 10.1. The number of carbonyl (C=O) groups is 3. The van der Waals surface area contributed by atoms with E-state index in [0.29, 0.717) is 11.3 Å². The maximum Gasteiger partial charge on any atom is 0.308 e. The van der Waals surface area contributed by atoms with Crippen molar-refractivity contribution in [1.29, 1.82) is 0 Å². The van der Waals surface area contributed by atoms with Crippen molar-refractivity contribution < 1.29 is 23.9 Å². The number of ether oxygens (including phenoxy) is 2. The van der Waals surface area contributed by atoms with Crippen LogP contribution in [0.2, 0.25) is 0 Å². The SMILES string of the molecule is CC(=O)Oc1ccccc1C=CC(=O)c1ccccc1OC(C)=O. The Labute approximate surface area is 139 Å². The van der Waals surface area contributed by atoms with E-state index in [9.17, 15) is 14.4 Å². The summed E-state index contributed by atoms with van der Waals surface area (Å²) in [5.74, 6) is -0.707. The van der Waals surface area contributed by atoms with E-state index >= 15 is 0 Å². The zero-order valence-electron chi connectivity index (χ0n) is 13.3. The minimum absolute atomic E-state index is 0.202. The number of allylic oxidation sites excluding steroid dienone is 1. The van der Waals surface area contributed by atoms with Crippen molar-refractivity contribution in [2.45, 2.75) is 13.8 Å². The van der Waals surface area contributed by atoms with E-state index < -0.39 is 11.9 Å². The van der Waals surface area contributed by atoms with E-state index in [1.54, 1.807) is 54.6 Å². The first-order chi connectivity index (χ1) is 11.5. The van der Waals surface area contributed by atoms with Gasteiger partial charge in [0, 0.05) is 19.4 Å². The molecule has 0 aliphatic heterocycles. The normalized spacial score (nSPS) is 10.4. The standard InChI is InChI=1S/C19H16O5/c1-13(20)23-18-9-5-3-7-15(18)11-12-17(22)16-8-4-6-10-19(16)24-14(2)21/h3-12H,1-2H3. The maximum absolute atomic E-state index is 12.4. The number of benzene rings is 2. The monoisotopic (exact) mass is 324 g/mol. The third kappa shape index (κ3) is 4.64. The quantitative estimate of drug-likeness (QED) is 0.365. The molecular formula is C19H16O5. The minimum Gasteiger partial charge on any atom is -0.426 e. The molecule has 0 amide bonds. The largest absolute Gasteiger partial charge is 0.426 e. The zero-order chi connectivity index (χ0) is 17.5. The first-order valence-electron chi connectivity index (χ1n) is 7.24. The van der Waals surface area contributed by atoms with E-state index in [2.05, 4.69) is 0 Å².